The molecule has 1 heterocycles. The minimum absolute atomic E-state index is 0.519. The summed E-state index contributed by atoms with van der Waals surface area (Å²) in [4.78, 5) is 6.70. The largest absolute Gasteiger partial charge is 0.325 e. The zero-order chi connectivity index (χ0) is 12.7. The average Bonchev–Trinajstić information content (AvgIpc) is 2.37. The Morgan fingerprint density at radius 3 is 2.76 bits per heavy atom. The van der Waals surface area contributed by atoms with E-state index in [0.717, 1.165) is 31.2 Å². The van der Waals surface area contributed by atoms with Crippen LogP contribution < -0.4 is 5.73 Å². The highest BCUT2D eigenvalue weighted by molar-refractivity contribution is 5.16. The molecule has 1 rings (SSSR count). The summed E-state index contributed by atoms with van der Waals surface area (Å²) in [5.41, 5.74) is 7.89. The Labute approximate surface area is 105 Å². The summed E-state index contributed by atoms with van der Waals surface area (Å²) in [6.07, 6.45) is 3.09. The van der Waals surface area contributed by atoms with Crippen LogP contribution in [-0.2, 0) is 13.1 Å². The molecule has 0 aliphatic carbocycles. The highest BCUT2D eigenvalue weighted by Gasteiger charge is 2.08. The molecule has 1 atom stereocenters. The summed E-state index contributed by atoms with van der Waals surface area (Å²) < 4.78 is 0. The highest BCUT2D eigenvalue weighted by atomic mass is 15.1. The molecule has 1 aromatic rings. The van der Waals surface area contributed by atoms with Crippen LogP contribution in [0, 0.1) is 5.92 Å². The van der Waals surface area contributed by atoms with E-state index in [9.17, 15) is 0 Å². The lowest BCUT2D eigenvalue weighted by molar-refractivity contribution is 0.238. The van der Waals surface area contributed by atoms with Crippen molar-refractivity contribution in [3.63, 3.8) is 0 Å². The van der Waals surface area contributed by atoms with Crippen molar-refractivity contribution in [1.29, 1.82) is 0 Å². The quantitative estimate of drug-likeness (QED) is 0.789. The van der Waals surface area contributed by atoms with Crippen molar-refractivity contribution in [2.75, 3.05) is 13.1 Å². The number of hydrogen-bond donors (Lipinski definition) is 1. The fourth-order valence-electron chi connectivity index (χ4n) is 1.87. The van der Waals surface area contributed by atoms with E-state index in [1.165, 1.54) is 12.0 Å². The first-order valence-electron chi connectivity index (χ1n) is 6.55. The van der Waals surface area contributed by atoms with Crippen molar-refractivity contribution in [3.8, 4) is 0 Å². The summed E-state index contributed by atoms with van der Waals surface area (Å²) in [5.74, 6) is 0.755. The lowest BCUT2D eigenvalue weighted by atomic mass is 10.1. The van der Waals surface area contributed by atoms with E-state index >= 15 is 0 Å². The van der Waals surface area contributed by atoms with Gasteiger partial charge in [-0.3, -0.25) is 9.88 Å². The van der Waals surface area contributed by atoms with Gasteiger partial charge in [0.25, 0.3) is 0 Å². The van der Waals surface area contributed by atoms with Gasteiger partial charge in [-0.2, -0.15) is 0 Å². The van der Waals surface area contributed by atoms with Crippen LogP contribution in [0.3, 0.4) is 0 Å². The van der Waals surface area contributed by atoms with Crippen molar-refractivity contribution >= 4 is 0 Å². The molecule has 0 amide bonds. The third-order valence-electron chi connectivity index (χ3n) is 3.21. The Balaban J connectivity index is 2.60. The molecule has 1 unspecified atom stereocenters. The first-order valence-corrected chi connectivity index (χ1v) is 6.55. The fraction of sp³-hybridized carbons (Fsp3) is 0.643. The molecule has 0 radical (unpaired) electrons. The standard InChI is InChI=1S/C14H25N3/c1-4-12(3)10-17(5-2)11-13-6-7-16-14(8-13)9-15/h6-8,12H,4-5,9-11,15H2,1-3H3. The van der Waals surface area contributed by atoms with Crippen LogP contribution in [0.1, 0.15) is 38.4 Å². The van der Waals surface area contributed by atoms with Crippen molar-refractivity contribution in [2.45, 2.75) is 40.3 Å². The summed E-state index contributed by atoms with van der Waals surface area (Å²) in [7, 11) is 0. The fourth-order valence-corrected chi connectivity index (χ4v) is 1.87. The third kappa shape index (κ3) is 4.84. The minimum Gasteiger partial charge on any atom is -0.325 e. The second-order valence-electron chi connectivity index (χ2n) is 4.70. The molecule has 0 bridgehead atoms. The number of nitrogens with two attached hydrogens (primary N) is 1. The van der Waals surface area contributed by atoms with Gasteiger partial charge in [-0.1, -0.05) is 27.2 Å². The van der Waals surface area contributed by atoms with Gasteiger partial charge in [0, 0.05) is 25.8 Å². The van der Waals surface area contributed by atoms with E-state index in [1.54, 1.807) is 0 Å². The molecule has 0 fully saturated rings. The van der Waals surface area contributed by atoms with Crippen LogP contribution in [0.25, 0.3) is 0 Å². The van der Waals surface area contributed by atoms with Crippen LogP contribution in [-0.4, -0.2) is 23.0 Å². The molecule has 0 aromatic carbocycles. The number of pyridine rings is 1. The molecule has 3 heteroatoms. The molecule has 0 saturated carbocycles. The monoisotopic (exact) mass is 235 g/mol. The normalized spacial score (nSPS) is 13.0. The van der Waals surface area contributed by atoms with Gasteiger partial charge in [0.2, 0.25) is 0 Å². The second kappa shape index (κ2) is 7.41. The zero-order valence-corrected chi connectivity index (χ0v) is 11.3. The van der Waals surface area contributed by atoms with Gasteiger partial charge in [-0.15, -0.1) is 0 Å². The molecule has 2 N–H and O–H groups in total. The number of aromatic nitrogens is 1. The molecule has 0 spiro atoms. The van der Waals surface area contributed by atoms with Crippen LogP contribution in [0.4, 0.5) is 0 Å². The summed E-state index contributed by atoms with van der Waals surface area (Å²) in [6, 6.07) is 4.19. The van der Waals surface area contributed by atoms with E-state index in [4.69, 9.17) is 5.73 Å². The maximum Gasteiger partial charge on any atom is 0.0542 e. The van der Waals surface area contributed by atoms with E-state index in [-0.39, 0.29) is 0 Å². The second-order valence-corrected chi connectivity index (χ2v) is 4.70. The summed E-state index contributed by atoms with van der Waals surface area (Å²) >= 11 is 0. The molecular weight excluding hydrogens is 210 g/mol. The SMILES string of the molecule is CCC(C)CN(CC)Cc1ccnc(CN)c1. The number of hydrogen-bond acceptors (Lipinski definition) is 3. The molecular formula is C14H25N3. The third-order valence-corrected chi connectivity index (χ3v) is 3.21. The maximum absolute atomic E-state index is 5.61. The first kappa shape index (κ1) is 14.1. The predicted octanol–water partition coefficient (Wildman–Crippen LogP) is 2.41. The van der Waals surface area contributed by atoms with Crippen molar-refractivity contribution in [1.82, 2.24) is 9.88 Å². The van der Waals surface area contributed by atoms with Gasteiger partial charge in [0.1, 0.15) is 0 Å². The van der Waals surface area contributed by atoms with Gasteiger partial charge in [-0.25, -0.2) is 0 Å². The van der Waals surface area contributed by atoms with Gasteiger partial charge in [0.05, 0.1) is 5.69 Å². The topological polar surface area (TPSA) is 42.2 Å². The molecule has 1 aromatic heterocycles. The smallest absolute Gasteiger partial charge is 0.0542 e. The molecule has 0 aliphatic rings. The Bertz CT molecular complexity index is 325. The van der Waals surface area contributed by atoms with E-state index in [1.807, 2.05) is 6.20 Å². The minimum atomic E-state index is 0.519. The molecule has 17 heavy (non-hydrogen) atoms. The maximum atomic E-state index is 5.61. The molecule has 96 valence electrons. The van der Waals surface area contributed by atoms with Gasteiger partial charge >= 0.3 is 0 Å². The number of rotatable bonds is 7. The Kier molecular flexibility index (Phi) is 6.16. The first-order chi connectivity index (χ1) is 8.19. The Hall–Kier alpha value is -0.930. The average molecular weight is 235 g/mol. The van der Waals surface area contributed by atoms with Crippen LogP contribution in [0.2, 0.25) is 0 Å². The number of nitrogens with zero attached hydrogens (tertiary/aromatic N) is 2. The lowest BCUT2D eigenvalue weighted by Gasteiger charge is -2.23. The molecule has 3 nitrogen and oxygen atoms in total. The van der Waals surface area contributed by atoms with Crippen LogP contribution >= 0.6 is 0 Å². The predicted molar refractivity (Wildman–Crippen MR) is 72.5 cm³/mol. The van der Waals surface area contributed by atoms with Crippen LogP contribution in [0.5, 0.6) is 0 Å². The van der Waals surface area contributed by atoms with Gasteiger partial charge < -0.3 is 5.73 Å². The van der Waals surface area contributed by atoms with E-state index in [2.05, 4.69) is 42.8 Å². The Morgan fingerprint density at radius 1 is 1.41 bits per heavy atom. The van der Waals surface area contributed by atoms with Crippen molar-refractivity contribution in [2.24, 2.45) is 11.7 Å². The van der Waals surface area contributed by atoms with Crippen LogP contribution in [0.15, 0.2) is 18.3 Å². The molecule has 0 aliphatic heterocycles. The van der Waals surface area contributed by atoms with Crippen molar-refractivity contribution in [3.05, 3.63) is 29.6 Å². The van der Waals surface area contributed by atoms with E-state index in [0.29, 0.717) is 6.54 Å². The summed E-state index contributed by atoms with van der Waals surface area (Å²) in [5, 5.41) is 0. The van der Waals surface area contributed by atoms with Crippen molar-refractivity contribution < 1.29 is 0 Å². The lowest BCUT2D eigenvalue weighted by Crippen LogP contribution is -2.27. The Morgan fingerprint density at radius 2 is 2.18 bits per heavy atom. The highest BCUT2D eigenvalue weighted by Crippen LogP contribution is 2.10. The van der Waals surface area contributed by atoms with E-state index < -0.39 is 0 Å². The van der Waals surface area contributed by atoms with Gasteiger partial charge in [0.15, 0.2) is 0 Å². The molecule has 0 saturated heterocycles. The van der Waals surface area contributed by atoms with Gasteiger partial charge in [-0.05, 0) is 30.2 Å². The zero-order valence-electron chi connectivity index (χ0n) is 11.3. The summed E-state index contributed by atoms with van der Waals surface area (Å²) in [6.45, 7) is 10.5.